The molecular formula is C25H25N3OS2. The molecule has 0 saturated heterocycles. The molecule has 2 heterocycles. The number of aromatic nitrogens is 2. The Bertz CT molecular complexity index is 1160. The van der Waals surface area contributed by atoms with Crippen LogP contribution in [-0.4, -0.2) is 21.6 Å². The minimum Gasteiger partial charge on any atom is -0.282 e. The third-order valence-electron chi connectivity index (χ3n) is 5.04. The van der Waals surface area contributed by atoms with E-state index in [0.717, 1.165) is 38.8 Å². The van der Waals surface area contributed by atoms with Gasteiger partial charge >= 0.3 is 0 Å². The monoisotopic (exact) mass is 447 g/mol. The first-order chi connectivity index (χ1) is 15.2. The standard InChI is InChI=1S/C25H25N3OS2/c1-3-19-8-7-10-22-24(19)27-25(31-22)28(17-20-9-5-6-15-26-20)23(29)16-18-11-13-21(14-12-18)30-4-2/h5-15H,3-4,16-17H2,1-2H3. The predicted molar refractivity (Wildman–Crippen MR) is 131 cm³/mol. The first-order valence-electron chi connectivity index (χ1n) is 10.5. The number of carbonyl (C=O) groups is 1. The van der Waals surface area contributed by atoms with Crippen molar-refractivity contribution in [3.63, 3.8) is 0 Å². The Kier molecular flexibility index (Phi) is 6.99. The predicted octanol–water partition coefficient (Wildman–Crippen LogP) is 6.14. The number of amides is 1. The number of pyridine rings is 1. The fourth-order valence-electron chi connectivity index (χ4n) is 3.45. The number of carbonyl (C=O) groups excluding carboxylic acids is 1. The minimum atomic E-state index is 0.0265. The van der Waals surface area contributed by atoms with Crippen LogP contribution in [0.3, 0.4) is 0 Å². The zero-order valence-corrected chi connectivity index (χ0v) is 19.4. The number of hydrogen-bond acceptors (Lipinski definition) is 5. The maximum atomic E-state index is 13.4. The molecule has 1 amide bonds. The maximum Gasteiger partial charge on any atom is 0.233 e. The highest BCUT2D eigenvalue weighted by Crippen LogP contribution is 2.32. The van der Waals surface area contributed by atoms with Crippen molar-refractivity contribution >= 4 is 44.4 Å². The number of rotatable bonds is 8. The molecule has 0 bridgehead atoms. The average Bonchev–Trinajstić information content (AvgIpc) is 3.23. The van der Waals surface area contributed by atoms with Gasteiger partial charge in [-0.05, 0) is 53.6 Å². The number of nitrogens with zero attached hydrogens (tertiary/aromatic N) is 3. The number of thiazole rings is 1. The lowest BCUT2D eigenvalue weighted by Crippen LogP contribution is -2.32. The van der Waals surface area contributed by atoms with Gasteiger partial charge < -0.3 is 0 Å². The van der Waals surface area contributed by atoms with Gasteiger partial charge in [0.2, 0.25) is 5.91 Å². The second-order valence-corrected chi connectivity index (χ2v) is 9.52. The number of benzene rings is 2. The van der Waals surface area contributed by atoms with Gasteiger partial charge in [0.25, 0.3) is 0 Å². The van der Waals surface area contributed by atoms with Gasteiger partial charge in [-0.15, -0.1) is 11.8 Å². The molecule has 4 nitrogen and oxygen atoms in total. The molecule has 0 unspecified atom stereocenters. The van der Waals surface area contributed by atoms with E-state index in [1.165, 1.54) is 10.5 Å². The summed E-state index contributed by atoms with van der Waals surface area (Å²) in [6.45, 7) is 4.68. The summed E-state index contributed by atoms with van der Waals surface area (Å²) >= 11 is 3.37. The Balaban J connectivity index is 1.64. The van der Waals surface area contributed by atoms with Crippen molar-refractivity contribution in [3.05, 3.63) is 83.7 Å². The summed E-state index contributed by atoms with van der Waals surface area (Å²) in [4.78, 5) is 25.7. The van der Waals surface area contributed by atoms with Crippen LogP contribution >= 0.6 is 23.1 Å². The molecule has 0 fully saturated rings. The van der Waals surface area contributed by atoms with Crippen molar-refractivity contribution in [3.8, 4) is 0 Å². The second-order valence-electron chi connectivity index (χ2n) is 7.17. The Morgan fingerprint density at radius 3 is 2.58 bits per heavy atom. The van der Waals surface area contributed by atoms with Crippen LogP contribution in [-0.2, 0) is 24.2 Å². The summed E-state index contributed by atoms with van der Waals surface area (Å²) in [6.07, 6.45) is 3.01. The summed E-state index contributed by atoms with van der Waals surface area (Å²) in [5, 5.41) is 0.727. The normalized spacial score (nSPS) is 11.0. The van der Waals surface area contributed by atoms with E-state index in [4.69, 9.17) is 4.98 Å². The number of thioether (sulfide) groups is 1. The number of fused-ring (bicyclic) bond motifs is 1. The molecule has 0 aliphatic carbocycles. The topological polar surface area (TPSA) is 46.1 Å². The van der Waals surface area contributed by atoms with Crippen molar-refractivity contribution in [1.82, 2.24) is 9.97 Å². The van der Waals surface area contributed by atoms with E-state index < -0.39 is 0 Å². The van der Waals surface area contributed by atoms with E-state index >= 15 is 0 Å². The Morgan fingerprint density at radius 1 is 1.03 bits per heavy atom. The quantitative estimate of drug-likeness (QED) is 0.304. The molecule has 6 heteroatoms. The summed E-state index contributed by atoms with van der Waals surface area (Å²) in [5.74, 6) is 1.06. The lowest BCUT2D eigenvalue weighted by atomic mass is 10.1. The molecular weight excluding hydrogens is 422 g/mol. The summed E-state index contributed by atoms with van der Waals surface area (Å²) < 4.78 is 1.11. The Morgan fingerprint density at radius 2 is 1.87 bits per heavy atom. The molecule has 4 rings (SSSR count). The van der Waals surface area contributed by atoms with Gasteiger partial charge in [-0.1, -0.05) is 55.5 Å². The highest BCUT2D eigenvalue weighted by atomic mass is 32.2. The van der Waals surface area contributed by atoms with E-state index in [0.29, 0.717) is 13.0 Å². The van der Waals surface area contributed by atoms with Gasteiger partial charge in [0.15, 0.2) is 5.13 Å². The van der Waals surface area contributed by atoms with Crippen LogP contribution in [0, 0.1) is 0 Å². The first-order valence-corrected chi connectivity index (χ1v) is 12.3. The Hall–Kier alpha value is -2.70. The maximum absolute atomic E-state index is 13.4. The molecule has 0 atom stereocenters. The SMILES string of the molecule is CCSc1ccc(CC(=O)N(Cc2ccccn2)c2nc3c(CC)cccc3s2)cc1. The van der Waals surface area contributed by atoms with Gasteiger partial charge in [0.1, 0.15) is 0 Å². The lowest BCUT2D eigenvalue weighted by Gasteiger charge is -2.19. The van der Waals surface area contributed by atoms with Crippen molar-refractivity contribution < 1.29 is 4.79 Å². The van der Waals surface area contributed by atoms with Crippen LogP contribution in [0.2, 0.25) is 0 Å². The van der Waals surface area contributed by atoms with Crippen molar-refractivity contribution in [1.29, 1.82) is 0 Å². The minimum absolute atomic E-state index is 0.0265. The lowest BCUT2D eigenvalue weighted by molar-refractivity contribution is -0.118. The third-order valence-corrected chi connectivity index (χ3v) is 6.98. The van der Waals surface area contributed by atoms with Gasteiger partial charge in [-0.2, -0.15) is 0 Å². The number of aryl methyl sites for hydroxylation is 1. The third kappa shape index (κ3) is 5.14. The first kappa shape index (κ1) is 21.5. The molecule has 0 saturated carbocycles. The molecule has 4 aromatic rings. The summed E-state index contributed by atoms with van der Waals surface area (Å²) in [5.41, 5.74) is 4.05. The van der Waals surface area contributed by atoms with Crippen molar-refractivity contribution in [2.24, 2.45) is 0 Å². The molecule has 158 valence electrons. The van der Waals surface area contributed by atoms with E-state index in [1.54, 1.807) is 34.2 Å². The highest BCUT2D eigenvalue weighted by molar-refractivity contribution is 7.99. The van der Waals surface area contributed by atoms with Gasteiger partial charge in [-0.25, -0.2) is 4.98 Å². The second kappa shape index (κ2) is 10.1. The number of hydrogen-bond donors (Lipinski definition) is 0. The van der Waals surface area contributed by atoms with E-state index in [-0.39, 0.29) is 5.91 Å². The van der Waals surface area contributed by atoms with Crippen LogP contribution in [0.15, 0.2) is 71.8 Å². The molecule has 2 aromatic carbocycles. The Labute approximate surface area is 191 Å². The fourth-order valence-corrected chi connectivity index (χ4v) is 5.14. The summed E-state index contributed by atoms with van der Waals surface area (Å²) in [6, 6.07) is 20.3. The molecule has 0 aliphatic rings. The van der Waals surface area contributed by atoms with Gasteiger partial charge in [0, 0.05) is 11.1 Å². The smallest absolute Gasteiger partial charge is 0.233 e. The van der Waals surface area contributed by atoms with Crippen molar-refractivity contribution in [2.45, 2.75) is 38.1 Å². The van der Waals surface area contributed by atoms with Gasteiger partial charge in [0.05, 0.1) is 28.9 Å². The zero-order chi connectivity index (χ0) is 21.6. The molecule has 2 aromatic heterocycles. The van der Waals surface area contributed by atoms with Gasteiger partial charge in [-0.3, -0.25) is 14.7 Å². The van der Waals surface area contributed by atoms with E-state index in [9.17, 15) is 4.79 Å². The molecule has 31 heavy (non-hydrogen) atoms. The molecule has 0 radical (unpaired) electrons. The number of para-hydroxylation sites is 1. The largest absolute Gasteiger partial charge is 0.282 e. The van der Waals surface area contributed by atoms with Crippen LogP contribution in [0.1, 0.15) is 30.7 Å². The summed E-state index contributed by atoms with van der Waals surface area (Å²) in [7, 11) is 0. The zero-order valence-electron chi connectivity index (χ0n) is 17.7. The van der Waals surface area contributed by atoms with Crippen LogP contribution in [0.25, 0.3) is 10.2 Å². The van der Waals surface area contributed by atoms with E-state index in [2.05, 4.69) is 49.2 Å². The van der Waals surface area contributed by atoms with E-state index in [1.807, 2.05) is 30.3 Å². The number of anilines is 1. The van der Waals surface area contributed by atoms with Crippen LogP contribution < -0.4 is 4.90 Å². The molecule has 0 spiro atoms. The highest BCUT2D eigenvalue weighted by Gasteiger charge is 2.21. The fraction of sp³-hybridized carbons (Fsp3) is 0.240. The van der Waals surface area contributed by atoms with Crippen LogP contribution in [0.5, 0.6) is 0 Å². The molecule has 0 aliphatic heterocycles. The van der Waals surface area contributed by atoms with Crippen LogP contribution in [0.4, 0.5) is 5.13 Å². The average molecular weight is 448 g/mol. The van der Waals surface area contributed by atoms with Crippen molar-refractivity contribution in [2.75, 3.05) is 10.7 Å². The molecule has 0 N–H and O–H groups in total.